The molecule has 32 heavy (non-hydrogen) atoms. The van der Waals surface area contributed by atoms with Crippen LogP contribution < -0.4 is 0 Å². The Hall–Kier alpha value is 0.310. The summed E-state index contributed by atoms with van der Waals surface area (Å²) >= 11 is 0. The summed E-state index contributed by atoms with van der Waals surface area (Å²) < 4.78 is 18.0. The zero-order valence-corrected chi connectivity index (χ0v) is 23.2. The zero-order valence-electron chi connectivity index (χ0n) is 22.3. The van der Waals surface area contributed by atoms with Crippen LogP contribution in [-0.4, -0.2) is 19.8 Å². The normalized spacial score (nSPS) is 11.6. The van der Waals surface area contributed by atoms with Gasteiger partial charge < -0.3 is 13.6 Å². The van der Waals surface area contributed by atoms with Gasteiger partial charge in [-0.15, -0.1) is 0 Å². The minimum absolute atomic E-state index is 0.784. The molecule has 0 rings (SSSR count). The topological polar surface area (TPSA) is 27.7 Å². The molecule has 0 N–H and O–H groups in total. The van der Waals surface area contributed by atoms with Crippen LogP contribution in [0.2, 0.25) is 0 Å². The van der Waals surface area contributed by atoms with Gasteiger partial charge in [0.15, 0.2) is 0 Å². The van der Waals surface area contributed by atoms with Crippen molar-refractivity contribution in [2.75, 3.05) is 19.8 Å². The summed E-state index contributed by atoms with van der Waals surface area (Å²) in [5, 5.41) is 0. The summed E-state index contributed by atoms with van der Waals surface area (Å²) in [5.41, 5.74) is 0. The lowest BCUT2D eigenvalue weighted by Gasteiger charge is -2.17. The van der Waals surface area contributed by atoms with E-state index in [0.29, 0.717) is 0 Å². The molecule has 0 amide bonds. The Kier molecular flexibility index (Phi) is 29.6. The maximum Gasteiger partial charge on any atom is 0.332 e. The van der Waals surface area contributed by atoms with Crippen molar-refractivity contribution in [3.63, 3.8) is 0 Å². The Morgan fingerprint density at radius 1 is 0.312 bits per heavy atom. The molecule has 0 aromatic rings. The molecule has 0 aromatic carbocycles. The van der Waals surface area contributed by atoms with Crippen LogP contribution in [0.15, 0.2) is 0 Å². The molecular weight excluding hydrogens is 415 g/mol. The van der Waals surface area contributed by atoms with Gasteiger partial charge in [0.25, 0.3) is 0 Å². The molecule has 0 aliphatic heterocycles. The first-order chi connectivity index (χ1) is 15.8. The van der Waals surface area contributed by atoms with Crippen molar-refractivity contribution in [2.24, 2.45) is 0 Å². The Balaban J connectivity index is 3.78. The molecule has 0 saturated heterocycles. The fraction of sp³-hybridized carbons (Fsp3) is 1.00. The molecule has 0 spiro atoms. The molecule has 0 heterocycles. The molecule has 0 bridgehead atoms. The second-order valence-electron chi connectivity index (χ2n) is 9.44. The molecule has 0 aromatic heterocycles. The smallest absolute Gasteiger partial charge is 0.312 e. The lowest BCUT2D eigenvalue weighted by atomic mass is 10.1. The van der Waals surface area contributed by atoms with Gasteiger partial charge in [-0.2, -0.15) is 0 Å². The second-order valence-corrected chi connectivity index (χ2v) is 10.7. The highest BCUT2D eigenvalue weighted by Crippen LogP contribution is 2.40. The standard InChI is InChI=1S/C28H59O3P/c1-4-7-10-13-16-17-18-19-22-25-28-31-32(29-26-23-20-14-11-8-5-2)30-27-24-21-15-12-9-6-3/h4-28H2,1-3H3. The number of hydrogen-bond acceptors (Lipinski definition) is 3. The number of unbranched alkanes of at least 4 members (excludes halogenated alkanes) is 19. The van der Waals surface area contributed by atoms with Crippen molar-refractivity contribution in [1.29, 1.82) is 0 Å². The Morgan fingerprint density at radius 2 is 0.531 bits per heavy atom. The highest BCUT2D eigenvalue weighted by Gasteiger charge is 2.12. The SMILES string of the molecule is CCCCCCCCCCCCOP(OCCCCCCCC)OCCCCCCCC. The average molecular weight is 475 g/mol. The van der Waals surface area contributed by atoms with Crippen LogP contribution in [0.1, 0.15) is 162 Å². The van der Waals surface area contributed by atoms with Crippen molar-refractivity contribution in [3.8, 4) is 0 Å². The highest BCUT2D eigenvalue weighted by atomic mass is 31.2. The average Bonchev–Trinajstić information content (AvgIpc) is 2.80. The first-order valence-electron chi connectivity index (χ1n) is 14.5. The molecule has 4 heteroatoms. The van der Waals surface area contributed by atoms with E-state index in [4.69, 9.17) is 13.6 Å². The molecule has 0 fully saturated rings. The summed E-state index contributed by atoms with van der Waals surface area (Å²) in [5.74, 6) is 0. The highest BCUT2D eigenvalue weighted by molar-refractivity contribution is 7.41. The third kappa shape index (κ3) is 26.6. The van der Waals surface area contributed by atoms with Crippen molar-refractivity contribution < 1.29 is 13.6 Å². The van der Waals surface area contributed by atoms with Crippen molar-refractivity contribution in [1.82, 2.24) is 0 Å². The third-order valence-corrected chi connectivity index (χ3v) is 7.26. The predicted molar refractivity (Wildman–Crippen MR) is 143 cm³/mol. The molecule has 0 atom stereocenters. The largest absolute Gasteiger partial charge is 0.332 e. The van der Waals surface area contributed by atoms with Crippen LogP contribution >= 0.6 is 8.60 Å². The zero-order chi connectivity index (χ0) is 23.4. The van der Waals surface area contributed by atoms with Gasteiger partial charge in [0, 0.05) is 0 Å². The fourth-order valence-corrected chi connectivity index (χ4v) is 4.94. The van der Waals surface area contributed by atoms with E-state index in [1.54, 1.807) is 0 Å². The Bertz CT molecular complexity index is 310. The second kappa shape index (κ2) is 29.3. The van der Waals surface area contributed by atoms with E-state index in [1.807, 2.05) is 0 Å². The Morgan fingerprint density at radius 3 is 0.781 bits per heavy atom. The van der Waals surface area contributed by atoms with Crippen molar-refractivity contribution in [2.45, 2.75) is 162 Å². The Labute approximate surface area is 204 Å². The van der Waals surface area contributed by atoms with Crippen LogP contribution in [0.3, 0.4) is 0 Å². The lowest BCUT2D eigenvalue weighted by Crippen LogP contribution is -2.00. The van der Waals surface area contributed by atoms with E-state index in [1.165, 1.54) is 122 Å². The van der Waals surface area contributed by atoms with Gasteiger partial charge in [0.1, 0.15) is 0 Å². The van der Waals surface area contributed by atoms with Crippen molar-refractivity contribution in [3.05, 3.63) is 0 Å². The van der Waals surface area contributed by atoms with Crippen LogP contribution in [0.4, 0.5) is 0 Å². The number of hydrogen-bond donors (Lipinski definition) is 0. The van der Waals surface area contributed by atoms with Crippen LogP contribution in [0.25, 0.3) is 0 Å². The van der Waals surface area contributed by atoms with E-state index in [-0.39, 0.29) is 0 Å². The van der Waals surface area contributed by atoms with E-state index in [9.17, 15) is 0 Å². The molecule has 0 saturated carbocycles. The summed E-state index contributed by atoms with van der Waals surface area (Å²) in [6.45, 7) is 9.17. The van der Waals surface area contributed by atoms with Crippen LogP contribution in [0.5, 0.6) is 0 Å². The molecule has 0 aliphatic carbocycles. The van der Waals surface area contributed by atoms with E-state index >= 15 is 0 Å². The lowest BCUT2D eigenvalue weighted by molar-refractivity contribution is 0.153. The summed E-state index contributed by atoms with van der Waals surface area (Å²) in [6.07, 6.45) is 29.0. The summed E-state index contributed by atoms with van der Waals surface area (Å²) in [4.78, 5) is 0. The van der Waals surface area contributed by atoms with Gasteiger partial charge in [0.05, 0.1) is 19.8 Å². The van der Waals surface area contributed by atoms with Gasteiger partial charge in [0.2, 0.25) is 0 Å². The van der Waals surface area contributed by atoms with Crippen molar-refractivity contribution >= 4 is 8.60 Å². The van der Waals surface area contributed by atoms with E-state index < -0.39 is 8.60 Å². The van der Waals surface area contributed by atoms with Gasteiger partial charge in [-0.05, 0) is 19.3 Å². The first-order valence-corrected chi connectivity index (χ1v) is 15.6. The maximum atomic E-state index is 6.02. The minimum atomic E-state index is -1.15. The molecule has 194 valence electrons. The number of rotatable bonds is 28. The van der Waals surface area contributed by atoms with Gasteiger partial charge in [-0.1, -0.05) is 143 Å². The quantitative estimate of drug-likeness (QED) is 0.0833. The fourth-order valence-electron chi connectivity index (χ4n) is 3.88. The summed E-state index contributed by atoms with van der Waals surface area (Å²) in [6, 6.07) is 0. The van der Waals surface area contributed by atoms with E-state index in [0.717, 1.165) is 39.1 Å². The first kappa shape index (κ1) is 32.3. The van der Waals surface area contributed by atoms with Gasteiger partial charge in [-0.25, -0.2) is 0 Å². The van der Waals surface area contributed by atoms with Gasteiger partial charge >= 0.3 is 8.60 Å². The van der Waals surface area contributed by atoms with Gasteiger partial charge in [-0.3, -0.25) is 0 Å². The van der Waals surface area contributed by atoms with Crippen LogP contribution in [0, 0.1) is 0 Å². The monoisotopic (exact) mass is 474 g/mol. The summed E-state index contributed by atoms with van der Waals surface area (Å²) in [7, 11) is -1.15. The van der Waals surface area contributed by atoms with Crippen LogP contribution in [-0.2, 0) is 13.6 Å². The molecule has 0 aliphatic rings. The maximum absolute atomic E-state index is 6.02. The van der Waals surface area contributed by atoms with E-state index in [2.05, 4.69) is 20.8 Å². The predicted octanol–water partition coefficient (Wildman–Crippen LogP) is 10.9. The third-order valence-electron chi connectivity index (χ3n) is 6.08. The molecule has 0 radical (unpaired) electrons. The molecular formula is C28H59O3P. The molecule has 3 nitrogen and oxygen atoms in total. The minimum Gasteiger partial charge on any atom is -0.312 e. The molecule has 0 unspecified atom stereocenters.